The Hall–Kier alpha value is -3.64. The van der Waals surface area contributed by atoms with E-state index in [2.05, 4.69) is 10.6 Å². The third-order valence-electron chi connectivity index (χ3n) is 9.12. The molecule has 216 valence electrons. The fraction of sp³-hybridized carbons (Fsp3) is 0.483. The number of rotatable bonds is 7. The van der Waals surface area contributed by atoms with Gasteiger partial charge in [-0.2, -0.15) is 0 Å². The summed E-state index contributed by atoms with van der Waals surface area (Å²) in [7, 11) is -0.341. The average molecular weight is 578 g/mol. The van der Waals surface area contributed by atoms with E-state index in [1.807, 2.05) is 28.4 Å². The predicted molar refractivity (Wildman–Crippen MR) is 157 cm³/mol. The molecule has 2 aliphatic heterocycles. The Morgan fingerprint density at radius 2 is 1.93 bits per heavy atom. The topological polar surface area (TPSA) is 128 Å². The van der Waals surface area contributed by atoms with Gasteiger partial charge in [-0.3, -0.25) is 13.5 Å². The van der Waals surface area contributed by atoms with Gasteiger partial charge in [0, 0.05) is 48.7 Å². The summed E-state index contributed by atoms with van der Waals surface area (Å²) in [5.74, 6) is 1.43. The monoisotopic (exact) mass is 577 g/mol. The normalized spacial score (nSPS) is 22.3. The van der Waals surface area contributed by atoms with Crippen molar-refractivity contribution in [2.24, 2.45) is 11.7 Å². The van der Waals surface area contributed by atoms with Gasteiger partial charge in [0.2, 0.25) is 10.0 Å². The summed E-state index contributed by atoms with van der Waals surface area (Å²) in [6, 6.07) is 9.65. The Kier molecular flexibility index (Phi) is 5.88. The number of anilines is 1. The van der Waals surface area contributed by atoms with E-state index in [-0.39, 0.29) is 24.0 Å². The van der Waals surface area contributed by atoms with Crippen LogP contribution < -0.4 is 14.8 Å². The maximum Gasteiger partial charge on any atom is 0.254 e. The van der Waals surface area contributed by atoms with E-state index >= 15 is 0 Å². The number of amides is 1. The van der Waals surface area contributed by atoms with Gasteiger partial charge in [0.15, 0.2) is 5.88 Å². The van der Waals surface area contributed by atoms with Crippen molar-refractivity contribution in [2.75, 3.05) is 24.7 Å². The first kappa shape index (κ1) is 26.3. The number of nitrogens with two attached hydrogens (primary N) is 1. The van der Waals surface area contributed by atoms with E-state index in [0.29, 0.717) is 28.8 Å². The van der Waals surface area contributed by atoms with Gasteiger partial charge in [0.25, 0.3) is 5.91 Å². The third-order valence-corrected chi connectivity index (χ3v) is 10.3. The molecule has 0 spiro atoms. The van der Waals surface area contributed by atoms with E-state index < -0.39 is 10.0 Å². The van der Waals surface area contributed by atoms with Crippen molar-refractivity contribution in [3.63, 3.8) is 0 Å². The van der Waals surface area contributed by atoms with Crippen LogP contribution in [-0.2, 0) is 16.6 Å². The second-order valence-electron chi connectivity index (χ2n) is 11.8. The first-order valence-electron chi connectivity index (χ1n) is 14.1. The van der Waals surface area contributed by atoms with Crippen molar-refractivity contribution in [3.8, 4) is 17.3 Å². The Morgan fingerprint density at radius 3 is 2.56 bits per heavy atom. The van der Waals surface area contributed by atoms with Gasteiger partial charge in [-0.1, -0.05) is 0 Å². The number of aromatic nitrogens is 4. The lowest BCUT2D eigenvalue weighted by Gasteiger charge is -2.23. The second kappa shape index (κ2) is 9.18. The Bertz CT molecular complexity index is 1820. The summed E-state index contributed by atoms with van der Waals surface area (Å²) in [6.45, 7) is 2.76. The summed E-state index contributed by atoms with van der Waals surface area (Å²) in [4.78, 5) is 25.5. The van der Waals surface area contributed by atoms with Crippen molar-refractivity contribution < 1.29 is 17.9 Å². The molecule has 4 aromatic heterocycles. The smallest absolute Gasteiger partial charge is 0.254 e. The number of pyridine rings is 2. The molecule has 2 bridgehead atoms. The molecule has 0 unspecified atom stereocenters. The van der Waals surface area contributed by atoms with Crippen molar-refractivity contribution in [2.45, 2.75) is 63.7 Å². The highest BCUT2D eigenvalue weighted by atomic mass is 32.2. The van der Waals surface area contributed by atoms with Crippen LogP contribution in [0.2, 0.25) is 0 Å². The molecule has 0 aromatic carbocycles. The van der Waals surface area contributed by atoms with Crippen molar-refractivity contribution >= 4 is 38.4 Å². The molecular formula is C29H35N7O4S. The van der Waals surface area contributed by atoms with Gasteiger partial charge in [0.1, 0.15) is 22.8 Å². The highest BCUT2D eigenvalue weighted by molar-refractivity contribution is 7.92. The molecule has 1 saturated carbocycles. The number of fused-ring (bicyclic) bond motifs is 4. The summed E-state index contributed by atoms with van der Waals surface area (Å²) in [6.07, 6.45) is 6.26. The standard InChI is InChI=1S/C29H35N7O4S/c1-16-27(23-11-18-7-10-24(33(2)41(4,38)39)32-28(18)34(23)15-17-5-6-17)31-25-12-19(13-26(40-3)35(16)25)29(37)36-20-8-9-22(36)21(30)14-20/h7,10-13,17,20-22H,5-6,8-9,14-15,30H2,1-4H3/t20-,21+,22+/m0/s1. The van der Waals surface area contributed by atoms with Crippen molar-refractivity contribution in [1.29, 1.82) is 0 Å². The SMILES string of the molecule is COc1cc(C(=O)N2[C@H]3CC[C@@H]2[C@H](N)C3)cc2nc(-c3cc4ccc(N(C)S(C)(=O)=O)nc4n3CC3CC3)c(C)n12. The van der Waals surface area contributed by atoms with E-state index in [0.717, 1.165) is 66.8 Å². The van der Waals surface area contributed by atoms with E-state index in [1.165, 1.54) is 17.6 Å². The lowest BCUT2D eigenvalue weighted by molar-refractivity contribution is 0.0726. The summed E-state index contributed by atoms with van der Waals surface area (Å²) in [5, 5.41) is 0.909. The number of ether oxygens (including phenoxy) is 1. The second-order valence-corrected chi connectivity index (χ2v) is 13.8. The largest absolute Gasteiger partial charge is 0.482 e. The zero-order valence-corrected chi connectivity index (χ0v) is 24.6. The summed E-state index contributed by atoms with van der Waals surface area (Å²) >= 11 is 0. The highest BCUT2D eigenvalue weighted by Gasteiger charge is 2.47. The first-order chi connectivity index (χ1) is 19.5. The third kappa shape index (κ3) is 4.18. The molecule has 1 amide bonds. The number of imidazole rings is 1. The lowest BCUT2D eigenvalue weighted by Crippen LogP contribution is -2.40. The zero-order chi connectivity index (χ0) is 28.8. The number of methoxy groups -OCH3 is 1. The minimum absolute atomic E-state index is 0.0250. The summed E-state index contributed by atoms with van der Waals surface area (Å²) < 4.78 is 35.5. The number of nitrogens with zero attached hydrogens (tertiary/aromatic N) is 6. The minimum atomic E-state index is -3.45. The molecule has 4 aromatic rings. The summed E-state index contributed by atoms with van der Waals surface area (Å²) in [5.41, 5.74) is 10.8. The van der Waals surface area contributed by atoms with Crippen LogP contribution in [0, 0.1) is 12.8 Å². The lowest BCUT2D eigenvalue weighted by atomic mass is 9.97. The number of sulfonamides is 1. The molecule has 12 heteroatoms. The Morgan fingerprint density at radius 1 is 1.15 bits per heavy atom. The van der Waals surface area contributed by atoms with Crippen LogP contribution in [0.3, 0.4) is 0 Å². The van der Waals surface area contributed by atoms with Crippen molar-refractivity contribution in [1.82, 2.24) is 23.8 Å². The van der Waals surface area contributed by atoms with Gasteiger partial charge in [0.05, 0.1) is 24.8 Å². The molecule has 3 aliphatic rings. The Labute approximate surface area is 238 Å². The average Bonchev–Trinajstić information content (AvgIpc) is 3.27. The van der Waals surface area contributed by atoms with Gasteiger partial charge in [-0.05, 0) is 69.2 Å². The number of aryl methyl sites for hydroxylation is 1. The molecular weight excluding hydrogens is 542 g/mol. The molecule has 3 atom stereocenters. The van der Waals surface area contributed by atoms with Gasteiger partial charge < -0.3 is 19.9 Å². The number of carbonyl (C=O) groups excluding carboxylic acids is 1. The number of carbonyl (C=O) groups is 1. The van der Waals surface area contributed by atoms with Crippen LogP contribution in [-0.4, -0.2) is 76.7 Å². The van der Waals surface area contributed by atoms with Crippen LogP contribution in [0.25, 0.3) is 28.1 Å². The van der Waals surface area contributed by atoms with Gasteiger partial charge >= 0.3 is 0 Å². The number of hydrogen-bond acceptors (Lipinski definition) is 7. The van der Waals surface area contributed by atoms with Crippen LogP contribution in [0.4, 0.5) is 5.82 Å². The molecule has 2 N–H and O–H groups in total. The fourth-order valence-electron chi connectivity index (χ4n) is 6.70. The van der Waals surface area contributed by atoms with E-state index in [1.54, 1.807) is 19.2 Å². The van der Waals surface area contributed by atoms with Gasteiger partial charge in [-0.15, -0.1) is 0 Å². The van der Waals surface area contributed by atoms with Crippen molar-refractivity contribution in [3.05, 3.63) is 41.6 Å². The predicted octanol–water partition coefficient (Wildman–Crippen LogP) is 3.18. The van der Waals surface area contributed by atoms with Crippen LogP contribution in [0.1, 0.15) is 48.2 Å². The van der Waals surface area contributed by atoms with E-state index in [9.17, 15) is 13.2 Å². The number of hydrogen-bond donors (Lipinski definition) is 1. The molecule has 3 fully saturated rings. The van der Waals surface area contributed by atoms with Gasteiger partial charge in [-0.25, -0.2) is 18.4 Å². The fourth-order valence-corrected chi connectivity index (χ4v) is 7.14. The van der Waals surface area contributed by atoms with Crippen LogP contribution in [0.15, 0.2) is 30.3 Å². The zero-order valence-electron chi connectivity index (χ0n) is 23.7. The molecule has 41 heavy (non-hydrogen) atoms. The maximum absolute atomic E-state index is 13.7. The first-order valence-corrected chi connectivity index (χ1v) is 16.0. The Balaban J connectivity index is 1.35. The quantitative estimate of drug-likeness (QED) is 0.357. The molecule has 1 aliphatic carbocycles. The maximum atomic E-state index is 13.7. The molecule has 0 radical (unpaired) electrons. The highest BCUT2D eigenvalue weighted by Crippen LogP contribution is 2.40. The molecule has 6 heterocycles. The van der Waals surface area contributed by atoms with Crippen LogP contribution in [0.5, 0.6) is 5.88 Å². The van der Waals surface area contributed by atoms with E-state index in [4.69, 9.17) is 20.4 Å². The van der Waals surface area contributed by atoms with Crippen LogP contribution >= 0.6 is 0 Å². The minimum Gasteiger partial charge on any atom is -0.482 e. The molecule has 7 rings (SSSR count). The molecule has 2 saturated heterocycles. The molecule has 11 nitrogen and oxygen atoms in total.